The Bertz CT molecular complexity index is 687. The van der Waals surface area contributed by atoms with Crippen LogP contribution < -0.4 is 10.6 Å². The van der Waals surface area contributed by atoms with Gasteiger partial charge in [0.2, 0.25) is 5.91 Å². The molecule has 0 aromatic heterocycles. The Labute approximate surface area is 153 Å². The van der Waals surface area contributed by atoms with Gasteiger partial charge in [-0.3, -0.25) is 9.59 Å². The van der Waals surface area contributed by atoms with E-state index in [4.69, 9.17) is 11.6 Å². The molecule has 0 heterocycles. The van der Waals surface area contributed by atoms with Crippen molar-refractivity contribution in [2.75, 3.05) is 13.1 Å². The van der Waals surface area contributed by atoms with Crippen LogP contribution in [0.15, 0.2) is 54.6 Å². The molecule has 2 rings (SSSR count). The van der Waals surface area contributed by atoms with E-state index in [0.717, 1.165) is 0 Å². The third kappa shape index (κ3) is 6.59. The minimum Gasteiger partial charge on any atom is -0.356 e. The Morgan fingerprint density at radius 3 is 2.36 bits per heavy atom. The third-order valence-electron chi connectivity index (χ3n) is 3.95. The van der Waals surface area contributed by atoms with E-state index in [1.807, 2.05) is 18.2 Å². The highest BCUT2D eigenvalue weighted by Crippen LogP contribution is 2.13. The second kappa shape index (κ2) is 9.84. The molecule has 1 atom stereocenters. The molecule has 4 nitrogen and oxygen atoms in total. The molecule has 0 aliphatic rings. The number of carbonyl (C=O) groups is 2. The van der Waals surface area contributed by atoms with Crippen LogP contribution in [0.3, 0.4) is 0 Å². The lowest BCUT2D eigenvalue weighted by molar-refractivity contribution is -0.121. The Morgan fingerprint density at radius 1 is 1.00 bits per heavy atom. The maximum atomic E-state index is 11.9. The van der Waals surface area contributed by atoms with Crippen molar-refractivity contribution in [1.29, 1.82) is 0 Å². The maximum Gasteiger partial charge on any atom is 0.251 e. The molecule has 0 aliphatic carbocycles. The van der Waals surface area contributed by atoms with E-state index in [0.29, 0.717) is 36.5 Å². The Hall–Kier alpha value is -2.33. The van der Waals surface area contributed by atoms with E-state index in [1.165, 1.54) is 5.56 Å². The fourth-order valence-corrected chi connectivity index (χ4v) is 2.53. The van der Waals surface area contributed by atoms with Crippen molar-refractivity contribution in [3.05, 3.63) is 70.7 Å². The van der Waals surface area contributed by atoms with Crippen molar-refractivity contribution in [2.45, 2.75) is 25.7 Å². The number of halogens is 1. The molecule has 0 radical (unpaired) electrons. The smallest absolute Gasteiger partial charge is 0.251 e. The minimum atomic E-state index is -0.158. The maximum absolute atomic E-state index is 11.9. The lowest BCUT2D eigenvalue weighted by Crippen LogP contribution is -2.29. The monoisotopic (exact) mass is 358 g/mol. The average molecular weight is 359 g/mol. The lowest BCUT2D eigenvalue weighted by Gasteiger charge is -2.13. The summed E-state index contributed by atoms with van der Waals surface area (Å²) < 4.78 is 0. The van der Waals surface area contributed by atoms with Crippen LogP contribution >= 0.6 is 11.6 Å². The summed E-state index contributed by atoms with van der Waals surface area (Å²) in [6.07, 6.45) is 0.993. The summed E-state index contributed by atoms with van der Waals surface area (Å²) in [5, 5.41) is 6.34. The molecule has 0 aliphatic heterocycles. The summed E-state index contributed by atoms with van der Waals surface area (Å²) in [5.74, 6) is 0.119. The zero-order chi connectivity index (χ0) is 18.1. The van der Waals surface area contributed by atoms with Gasteiger partial charge in [0.25, 0.3) is 5.91 Å². The summed E-state index contributed by atoms with van der Waals surface area (Å²) >= 11 is 5.79. The summed E-state index contributed by atoms with van der Waals surface area (Å²) in [6.45, 7) is 3.16. The molecule has 2 aromatic carbocycles. The first-order chi connectivity index (χ1) is 12.1. The van der Waals surface area contributed by atoms with Gasteiger partial charge in [0, 0.05) is 30.1 Å². The summed E-state index contributed by atoms with van der Waals surface area (Å²) in [6, 6.07) is 16.8. The van der Waals surface area contributed by atoms with E-state index in [9.17, 15) is 9.59 Å². The molecule has 0 saturated heterocycles. The van der Waals surface area contributed by atoms with E-state index in [1.54, 1.807) is 24.3 Å². The molecular formula is C20H23ClN2O2. The Kier molecular flexibility index (Phi) is 7.48. The van der Waals surface area contributed by atoms with Gasteiger partial charge in [-0.1, -0.05) is 48.9 Å². The summed E-state index contributed by atoms with van der Waals surface area (Å²) in [4.78, 5) is 23.8. The predicted octanol–water partition coefficient (Wildman–Crippen LogP) is 3.77. The number of hydrogen-bond donors (Lipinski definition) is 2. The second-order valence-corrected chi connectivity index (χ2v) is 6.42. The second-order valence-electron chi connectivity index (χ2n) is 5.98. The van der Waals surface area contributed by atoms with Crippen LogP contribution in [0.2, 0.25) is 5.02 Å². The highest BCUT2D eigenvalue weighted by molar-refractivity contribution is 6.30. The van der Waals surface area contributed by atoms with Gasteiger partial charge in [-0.05, 0) is 42.2 Å². The van der Waals surface area contributed by atoms with Crippen LogP contribution in [0.25, 0.3) is 0 Å². The molecule has 25 heavy (non-hydrogen) atoms. The highest BCUT2D eigenvalue weighted by atomic mass is 35.5. The molecule has 2 aromatic rings. The van der Waals surface area contributed by atoms with Gasteiger partial charge in [0.1, 0.15) is 0 Å². The Morgan fingerprint density at radius 2 is 1.68 bits per heavy atom. The van der Waals surface area contributed by atoms with Gasteiger partial charge in [0.15, 0.2) is 0 Å². The van der Waals surface area contributed by atoms with E-state index < -0.39 is 0 Å². The van der Waals surface area contributed by atoms with Gasteiger partial charge in [-0.2, -0.15) is 0 Å². The van der Waals surface area contributed by atoms with E-state index in [2.05, 4.69) is 29.7 Å². The molecule has 1 unspecified atom stereocenters. The quantitative estimate of drug-likeness (QED) is 0.706. The van der Waals surface area contributed by atoms with Gasteiger partial charge in [0.05, 0.1) is 0 Å². The number of amides is 2. The molecule has 5 heteroatoms. The standard InChI is InChI=1S/C20H23ClN2O2/c1-15(16-6-3-2-4-7-16)14-23-19(24)8-5-13-22-20(25)17-9-11-18(21)12-10-17/h2-4,6-7,9-12,15H,5,8,13-14H2,1H3,(H,22,25)(H,23,24). The number of carbonyl (C=O) groups excluding carboxylic acids is 2. The van der Waals surface area contributed by atoms with Gasteiger partial charge in [-0.25, -0.2) is 0 Å². The number of nitrogens with one attached hydrogen (secondary N) is 2. The van der Waals surface area contributed by atoms with Gasteiger partial charge >= 0.3 is 0 Å². The number of hydrogen-bond acceptors (Lipinski definition) is 2. The van der Waals surface area contributed by atoms with Gasteiger partial charge < -0.3 is 10.6 Å². The fraction of sp³-hybridized carbons (Fsp3) is 0.300. The van der Waals surface area contributed by atoms with Crippen LogP contribution in [-0.4, -0.2) is 24.9 Å². The molecule has 132 valence electrons. The average Bonchev–Trinajstić information content (AvgIpc) is 2.64. The third-order valence-corrected chi connectivity index (χ3v) is 4.20. The topological polar surface area (TPSA) is 58.2 Å². The van der Waals surface area contributed by atoms with Crippen LogP contribution in [0, 0.1) is 0 Å². The SMILES string of the molecule is CC(CNC(=O)CCCNC(=O)c1ccc(Cl)cc1)c1ccccc1. The van der Waals surface area contributed by atoms with Crippen molar-refractivity contribution >= 4 is 23.4 Å². The predicted molar refractivity (Wildman–Crippen MR) is 101 cm³/mol. The summed E-state index contributed by atoms with van der Waals surface area (Å²) in [5.41, 5.74) is 1.77. The normalized spacial score (nSPS) is 11.6. The largest absolute Gasteiger partial charge is 0.356 e. The first-order valence-electron chi connectivity index (χ1n) is 8.41. The van der Waals surface area contributed by atoms with Crippen molar-refractivity contribution in [3.8, 4) is 0 Å². The fourth-order valence-electron chi connectivity index (χ4n) is 2.41. The van der Waals surface area contributed by atoms with Crippen molar-refractivity contribution in [2.24, 2.45) is 0 Å². The molecule has 0 bridgehead atoms. The minimum absolute atomic E-state index is 0.00326. The van der Waals surface area contributed by atoms with E-state index >= 15 is 0 Å². The number of benzene rings is 2. The van der Waals surface area contributed by atoms with Crippen LogP contribution in [0.1, 0.15) is 41.6 Å². The highest BCUT2D eigenvalue weighted by Gasteiger charge is 2.08. The lowest BCUT2D eigenvalue weighted by atomic mass is 10.0. The van der Waals surface area contributed by atoms with Crippen molar-refractivity contribution in [1.82, 2.24) is 10.6 Å². The van der Waals surface area contributed by atoms with E-state index in [-0.39, 0.29) is 17.7 Å². The van der Waals surface area contributed by atoms with Crippen LogP contribution in [0.4, 0.5) is 0 Å². The first-order valence-corrected chi connectivity index (χ1v) is 8.79. The number of rotatable bonds is 8. The van der Waals surface area contributed by atoms with Crippen molar-refractivity contribution in [3.63, 3.8) is 0 Å². The molecule has 0 fully saturated rings. The zero-order valence-electron chi connectivity index (χ0n) is 14.3. The molecule has 2 amide bonds. The Balaban J connectivity index is 1.62. The zero-order valence-corrected chi connectivity index (χ0v) is 15.1. The van der Waals surface area contributed by atoms with Crippen LogP contribution in [0.5, 0.6) is 0 Å². The molecule has 0 saturated carbocycles. The molecule has 2 N–H and O–H groups in total. The molecular weight excluding hydrogens is 336 g/mol. The van der Waals surface area contributed by atoms with Crippen LogP contribution in [-0.2, 0) is 4.79 Å². The van der Waals surface area contributed by atoms with Crippen molar-refractivity contribution < 1.29 is 9.59 Å². The molecule has 0 spiro atoms. The van der Waals surface area contributed by atoms with Gasteiger partial charge in [-0.15, -0.1) is 0 Å². The summed E-state index contributed by atoms with van der Waals surface area (Å²) in [7, 11) is 0. The first kappa shape index (κ1) is 19.0.